The van der Waals surface area contributed by atoms with E-state index in [0.717, 1.165) is 17.8 Å². The minimum atomic E-state index is -0.239. The van der Waals surface area contributed by atoms with Gasteiger partial charge in [0.1, 0.15) is 11.6 Å². The summed E-state index contributed by atoms with van der Waals surface area (Å²) in [6, 6.07) is 11.2. The summed E-state index contributed by atoms with van der Waals surface area (Å²) >= 11 is 0. The maximum Gasteiger partial charge on any atom is 0.277 e. The van der Waals surface area contributed by atoms with Crippen LogP contribution in [0.5, 0.6) is 0 Å². The molecule has 22 heavy (non-hydrogen) atoms. The number of nitrogens with zero attached hydrogens (tertiary/aromatic N) is 3. The van der Waals surface area contributed by atoms with Gasteiger partial charge in [-0.15, -0.1) is 0 Å². The van der Waals surface area contributed by atoms with Gasteiger partial charge in [-0.3, -0.25) is 4.79 Å². The molecule has 0 saturated carbocycles. The Kier molecular flexibility index (Phi) is 3.87. The predicted octanol–water partition coefficient (Wildman–Crippen LogP) is 3.18. The fourth-order valence-electron chi connectivity index (χ4n) is 2.39. The Balaban J connectivity index is 1.98. The van der Waals surface area contributed by atoms with E-state index in [4.69, 9.17) is 0 Å². The number of fused-ring (bicyclic) bond motifs is 1. The number of carbonyl (C=O) groups excluding carboxylic acids is 1. The fourth-order valence-corrected chi connectivity index (χ4v) is 2.39. The van der Waals surface area contributed by atoms with Crippen LogP contribution in [0.25, 0.3) is 5.52 Å². The molecule has 0 atom stereocenters. The summed E-state index contributed by atoms with van der Waals surface area (Å²) in [5, 5.41) is 2.79. The molecule has 1 amide bonds. The van der Waals surface area contributed by atoms with Gasteiger partial charge in [-0.2, -0.15) is 0 Å². The number of aromatic nitrogens is 3. The third kappa shape index (κ3) is 2.83. The van der Waals surface area contributed by atoms with Gasteiger partial charge in [0, 0.05) is 18.8 Å². The molecule has 112 valence electrons. The lowest BCUT2D eigenvalue weighted by Crippen LogP contribution is -2.13. The number of amides is 1. The van der Waals surface area contributed by atoms with Crippen molar-refractivity contribution in [2.45, 2.75) is 20.3 Å². The molecule has 5 heteroatoms. The summed E-state index contributed by atoms with van der Waals surface area (Å²) in [4.78, 5) is 21.2. The zero-order chi connectivity index (χ0) is 15.5. The van der Waals surface area contributed by atoms with E-state index in [1.165, 1.54) is 0 Å². The second kappa shape index (κ2) is 5.97. The van der Waals surface area contributed by atoms with Gasteiger partial charge in [-0.25, -0.2) is 9.97 Å². The van der Waals surface area contributed by atoms with Crippen LogP contribution in [0.2, 0.25) is 0 Å². The highest BCUT2D eigenvalue weighted by molar-refractivity contribution is 6.07. The number of hydrogen-bond acceptors (Lipinski definition) is 3. The summed E-state index contributed by atoms with van der Waals surface area (Å²) in [5.41, 5.74) is 1.24. The number of carbonyl (C=O) groups is 1. The smallest absolute Gasteiger partial charge is 0.277 e. The standard InChI is InChI=1S/C17H18N4O/c1-12(2)11-15-20-16(13-7-4-6-10-21(13)15)17(22)19-14-8-3-5-9-18-14/h3-10,12H,11H2,1-2H3,(H,18,19,22). The van der Waals surface area contributed by atoms with E-state index in [2.05, 4.69) is 29.1 Å². The Morgan fingerprint density at radius 2 is 2.05 bits per heavy atom. The van der Waals surface area contributed by atoms with Crippen LogP contribution in [0.3, 0.4) is 0 Å². The molecule has 0 aromatic carbocycles. The summed E-state index contributed by atoms with van der Waals surface area (Å²) in [6.07, 6.45) is 4.41. The minimum Gasteiger partial charge on any atom is -0.305 e. The predicted molar refractivity (Wildman–Crippen MR) is 85.9 cm³/mol. The highest BCUT2D eigenvalue weighted by atomic mass is 16.2. The van der Waals surface area contributed by atoms with E-state index >= 15 is 0 Å². The van der Waals surface area contributed by atoms with Crippen molar-refractivity contribution >= 4 is 17.2 Å². The van der Waals surface area contributed by atoms with E-state index in [1.807, 2.05) is 40.9 Å². The minimum absolute atomic E-state index is 0.239. The molecular weight excluding hydrogens is 276 g/mol. The normalized spacial score (nSPS) is 11.0. The second-order valence-corrected chi connectivity index (χ2v) is 5.60. The van der Waals surface area contributed by atoms with Crippen LogP contribution in [-0.2, 0) is 6.42 Å². The van der Waals surface area contributed by atoms with Gasteiger partial charge in [-0.05, 0) is 30.2 Å². The fraction of sp³-hybridized carbons (Fsp3) is 0.235. The summed E-state index contributed by atoms with van der Waals surface area (Å²) in [7, 11) is 0. The molecule has 1 N–H and O–H groups in total. The Hall–Kier alpha value is -2.69. The first kappa shape index (κ1) is 14.3. The van der Waals surface area contributed by atoms with Gasteiger partial charge in [0.05, 0.1) is 5.52 Å². The molecule has 3 rings (SSSR count). The van der Waals surface area contributed by atoms with Crippen LogP contribution < -0.4 is 5.32 Å². The van der Waals surface area contributed by atoms with Crippen molar-refractivity contribution in [3.05, 3.63) is 60.3 Å². The quantitative estimate of drug-likeness (QED) is 0.804. The lowest BCUT2D eigenvalue weighted by Gasteiger charge is -2.03. The average molecular weight is 294 g/mol. The molecule has 5 nitrogen and oxygen atoms in total. The topological polar surface area (TPSA) is 59.3 Å². The largest absolute Gasteiger partial charge is 0.305 e. The van der Waals surface area contributed by atoms with Crippen LogP contribution in [0, 0.1) is 5.92 Å². The molecule has 0 aliphatic carbocycles. The molecule has 3 heterocycles. The van der Waals surface area contributed by atoms with E-state index in [0.29, 0.717) is 17.4 Å². The van der Waals surface area contributed by atoms with Gasteiger partial charge in [0.15, 0.2) is 5.69 Å². The van der Waals surface area contributed by atoms with Crippen LogP contribution in [-0.4, -0.2) is 20.3 Å². The lowest BCUT2D eigenvalue weighted by molar-refractivity contribution is 0.102. The summed E-state index contributed by atoms with van der Waals surface area (Å²) in [5.74, 6) is 1.65. The van der Waals surface area contributed by atoms with E-state index in [-0.39, 0.29) is 5.91 Å². The van der Waals surface area contributed by atoms with Crippen molar-refractivity contribution < 1.29 is 4.79 Å². The van der Waals surface area contributed by atoms with Crippen molar-refractivity contribution in [3.63, 3.8) is 0 Å². The molecule has 0 unspecified atom stereocenters. The number of nitrogens with one attached hydrogen (secondary N) is 1. The number of pyridine rings is 2. The molecule has 0 fully saturated rings. The molecule has 0 saturated heterocycles. The highest BCUT2D eigenvalue weighted by Crippen LogP contribution is 2.17. The molecule has 0 aliphatic heterocycles. The number of anilines is 1. The van der Waals surface area contributed by atoms with Crippen LogP contribution in [0.1, 0.15) is 30.2 Å². The Bertz CT molecular complexity index is 793. The number of rotatable bonds is 4. The second-order valence-electron chi connectivity index (χ2n) is 5.60. The number of imidazole rings is 1. The van der Waals surface area contributed by atoms with Crippen molar-refractivity contribution in [3.8, 4) is 0 Å². The first-order chi connectivity index (χ1) is 10.6. The van der Waals surface area contributed by atoms with Crippen molar-refractivity contribution in [2.75, 3.05) is 5.32 Å². The summed E-state index contributed by atoms with van der Waals surface area (Å²) in [6.45, 7) is 4.27. The zero-order valence-electron chi connectivity index (χ0n) is 12.7. The van der Waals surface area contributed by atoms with Crippen molar-refractivity contribution in [1.29, 1.82) is 0 Å². The van der Waals surface area contributed by atoms with E-state index in [9.17, 15) is 4.79 Å². The van der Waals surface area contributed by atoms with Gasteiger partial charge in [0.2, 0.25) is 0 Å². The first-order valence-corrected chi connectivity index (χ1v) is 7.33. The molecular formula is C17H18N4O. The van der Waals surface area contributed by atoms with Gasteiger partial charge < -0.3 is 9.72 Å². The maximum atomic E-state index is 12.5. The molecule has 0 aliphatic rings. The van der Waals surface area contributed by atoms with Gasteiger partial charge >= 0.3 is 0 Å². The molecule has 3 aromatic heterocycles. The van der Waals surface area contributed by atoms with Gasteiger partial charge in [0.25, 0.3) is 5.91 Å². The van der Waals surface area contributed by atoms with Crippen LogP contribution in [0.15, 0.2) is 48.8 Å². The Labute approximate surface area is 129 Å². The van der Waals surface area contributed by atoms with Crippen molar-refractivity contribution in [1.82, 2.24) is 14.4 Å². The molecule has 0 spiro atoms. The number of hydrogen-bond donors (Lipinski definition) is 1. The van der Waals surface area contributed by atoms with Crippen molar-refractivity contribution in [2.24, 2.45) is 5.92 Å². The SMILES string of the molecule is CC(C)Cc1nc(C(=O)Nc2ccccn2)c2ccccn12. The monoisotopic (exact) mass is 294 g/mol. The Morgan fingerprint density at radius 3 is 2.77 bits per heavy atom. The third-order valence-corrected chi connectivity index (χ3v) is 3.33. The van der Waals surface area contributed by atoms with Crippen LogP contribution >= 0.6 is 0 Å². The van der Waals surface area contributed by atoms with Gasteiger partial charge in [-0.1, -0.05) is 26.0 Å². The zero-order valence-corrected chi connectivity index (χ0v) is 12.7. The summed E-state index contributed by atoms with van der Waals surface area (Å²) < 4.78 is 1.98. The maximum absolute atomic E-state index is 12.5. The molecule has 3 aromatic rings. The van der Waals surface area contributed by atoms with E-state index in [1.54, 1.807) is 12.3 Å². The lowest BCUT2D eigenvalue weighted by atomic mass is 10.1. The molecule has 0 radical (unpaired) electrons. The average Bonchev–Trinajstić information content (AvgIpc) is 2.87. The Morgan fingerprint density at radius 1 is 1.23 bits per heavy atom. The highest BCUT2D eigenvalue weighted by Gasteiger charge is 2.18. The van der Waals surface area contributed by atoms with E-state index < -0.39 is 0 Å². The first-order valence-electron chi connectivity index (χ1n) is 7.33. The van der Waals surface area contributed by atoms with Crippen LogP contribution in [0.4, 0.5) is 5.82 Å². The third-order valence-electron chi connectivity index (χ3n) is 3.33. The molecule has 0 bridgehead atoms.